The van der Waals surface area contributed by atoms with Crippen LogP contribution in [-0.2, 0) is 9.53 Å². The Balaban J connectivity index is 4.07. The van der Waals surface area contributed by atoms with Crippen molar-refractivity contribution in [3.8, 4) is 0 Å². The van der Waals surface area contributed by atoms with Crippen molar-refractivity contribution in [1.82, 2.24) is 0 Å². The molecule has 0 aliphatic carbocycles. The molecule has 0 aliphatic rings. The first-order valence-corrected chi connectivity index (χ1v) is 6.61. The lowest BCUT2D eigenvalue weighted by Gasteiger charge is -2.27. The van der Waals surface area contributed by atoms with Crippen LogP contribution in [0.2, 0.25) is 0 Å². The standard InChI is InChI=1S/C13H26O5/c1-3-5-6-7-11(16)12(17)18-10-13(4-2,8-14)9-15/h11,14-16H,3-10H2,1-2H3. The monoisotopic (exact) mass is 262 g/mol. The summed E-state index contributed by atoms with van der Waals surface area (Å²) >= 11 is 0. The molecule has 0 amide bonds. The third kappa shape index (κ3) is 5.80. The number of aliphatic hydroxyl groups is 3. The van der Waals surface area contributed by atoms with Gasteiger partial charge in [0.25, 0.3) is 0 Å². The Morgan fingerprint density at radius 2 is 1.83 bits per heavy atom. The molecule has 0 aromatic carbocycles. The molecular formula is C13H26O5. The summed E-state index contributed by atoms with van der Waals surface area (Å²) in [6, 6.07) is 0. The smallest absolute Gasteiger partial charge is 0.334 e. The Labute approximate surface area is 109 Å². The van der Waals surface area contributed by atoms with Crippen LogP contribution in [0.4, 0.5) is 0 Å². The van der Waals surface area contributed by atoms with Crippen molar-refractivity contribution in [2.24, 2.45) is 5.41 Å². The van der Waals surface area contributed by atoms with Crippen molar-refractivity contribution in [3.63, 3.8) is 0 Å². The first-order valence-electron chi connectivity index (χ1n) is 6.61. The van der Waals surface area contributed by atoms with Gasteiger partial charge in [-0.2, -0.15) is 0 Å². The Bertz CT molecular complexity index is 217. The molecule has 0 aliphatic heterocycles. The second-order valence-electron chi connectivity index (χ2n) is 4.79. The van der Waals surface area contributed by atoms with E-state index in [4.69, 9.17) is 4.74 Å². The SMILES string of the molecule is CCCCCC(O)C(=O)OCC(CC)(CO)CO. The molecular weight excluding hydrogens is 236 g/mol. The van der Waals surface area contributed by atoms with Crippen molar-refractivity contribution in [1.29, 1.82) is 0 Å². The van der Waals surface area contributed by atoms with Gasteiger partial charge in [0.15, 0.2) is 6.10 Å². The molecule has 0 rings (SSSR count). The van der Waals surface area contributed by atoms with Crippen LogP contribution < -0.4 is 0 Å². The van der Waals surface area contributed by atoms with E-state index < -0.39 is 17.5 Å². The van der Waals surface area contributed by atoms with Crippen LogP contribution in [-0.4, -0.2) is 47.2 Å². The number of aliphatic hydroxyl groups excluding tert-OH is 3. The largest absolute Gasteiger partial charge is 0.463 e. The number of carbonyl (C=O) groups is 1. The molecule has 0 radical (unpaired) electrons. The summed E-state index contributed by atoms with van der Waals surface area (Å²) in [6.07, 6.45) is 2.56. The molecule has 0 saturated carbocycles. The summed E-state index contributed by atoms with van der Waals surface area (Å²) in [5.74, 6) is -0.675. The number of hydrogen-bond acceptors (Lipinski definition) is 5. The third-order valence-electron chi connectivity index (χ3n) is 3.29. The summed E-state index contributed by atoms with van der Waals surface area (Å²) in [5, 5.41) is 27.9. The number of esters is 1. The minimum atomic E-state index is -1.11. The van der Waals surface area contributed by atoms with Gasteiger partial charge in [0.2, 0.25) is 0 Å². The summed E-state index contributed by atoms with van der Waals surface area (Å²) in [5.41, 5.74) is -0.807. The lowest BCUT2D eigenvalue weighted by molar-refractivity contribution is -0.160. The van der Waals surface area contributed by atoms with E-state index >= 15 is 0 Å². The number of hydrogen-bond donors (Lipinski definition) is 3. The molecule has 0 aromatic heterocycles. The van der Waals surface area contributed by atoms with Gasteiger partial charge in [-0.05, 0) is 12.8 Å². The molecule has 0 aromatic rings. The fourth-order valence-electron chi connectivity index (χ4n) is 1.49. The Hall–Kier alpha value is -0.650. The predicted molar refractivity (Wildman–Crippen MR) is 68.0 cm³/mol. The molecule has 18 heavy (non-hydrogen) atoms. The number of ether oxygens (including phenoxy) is 1. The van der Waals surface area contributed by atoms with E-state index in [-0.39, 0.29) is 19.8 Å². The number of carbonyl (C=O) groups excluding carboxylic acids is 1. The van der Waals surface area contributed by atoms with Crippen molar-refractivity contribution in [3.05, 3.63) is 0 Å². The molecule has 1 unspecified atom stereocenters. The van der Waals surface area contributed by atoms with Crippen LogP contribution in [0.25, 0.3) is 0 Å². The van der Waals surface area contributed by atoms with Crippen LogP contribution in [0, 0.1) is 5.41 Å². The Morgan fingerprint density at radius 3 is 2.28 bits per heavy atom. The normalized spacial score (nSPS) is 13.4. The molecule has 1 atom stereocenters. The van der Waals surface area contributed by atoms with E-state index in [0.717, 1.165) is 19.3 Å². The second-order valence-corrected chi connectivity index (χ2v) is 4.79. The second kappa shape index (κ2) is 9.30. The van der Waals surface area contributed by atoms with Gasteiger partial charge in [-0.15, -0.1) is 0 Å². The molecule has 5 heteroatoms. The maximum Gasteiger partial charge on any atom is 0.334 e. The van der Waals surface area contributed by atoms with Gasteiger partial charge in [-0.3, -0.25) is 0 Å². The Kier molecular flexibility index (Phi) is 8.97. The average molecular weight is 262 g/mol. The van der Waals surface area contributed by atoms with Gasteiger partial charge in [0.05, 0.1) is 18.6 Å². The topological polar surface area (TPSA) is 87.0 Å². The van der Waals surface area contributed by atoms with E-state index in [9.17, 15) is 20.1 Å². The highest BCUT2D eigenvalue weighted by molar-refractivity contribution is 5.74. The molecule has 0 heterocycles. The van der Waals surface area contributed by atoms with E-state index in [2.05, 4.69) is 0 Å². The molecule has 0 saturated heterocycles. The van der Waals surface area contributed by atoms with Gasteiger partial charge in [0, 0.05) is 0 Å². The summed E-state index contributed by atoms with van der Waals surface area (Å²) in [7, 11) is 0. The molecule has 0 fully saturated rings. The third-order valence-corrected chi connectivity index (χ3v) is 3.29. The van der Waals surface area contributed by atoms with Gasteiger partial charge in [0.1, 0.15) is 6.61 Å². The lowest BCUT2D eigenvalue weighted by atomic mass is 9.88. The fourth-order valence-corrected chi connectivity index (χ4v) is 1.49. The fraction of sp³-hybridized carbons (Fsp3) is 0.923. The zero-order chi connectivity index (χ0) is 14.0. The zero-order valence-corrected chi connectivity index (χ0v) is 11.4. The van der Waals surface area contributed by atoms with Crippen molar-refractivity contribution < 1.29 is 24.9 Å². The lowest BCUT2D eigenvalue weighted by Crippen LogP contribution is -2.37. The van der Waals surface area contributed by atoms with Crippen molar-refractivity contribution in [2.75, 3.05) is 19.8 Å². The average Bonchev–Trinajstić information content (AvgIpc) is 2.40. The zero-order valence-electron chi connectivity index (χ0n) is 11.4. The van der Waals surface area contributed by atoms with E-state index in [1.54, 1.807) is 6.92 Å². The van der Waals surface area contributed by atoms with Gasteiger partial charge >= 0.3 is 5.97 Å². The highest BCUT2D eigenvalue weighted by atomic mass is 16.5. The molecule has 5 nitrogen and oxygen atoms in total. The predicted octanol–water partition coefficient (Wildman–Crippen LogP) is 0.852. The Morgan fingerprint density at radius 1 is 1.22 bits per heavy atom. The van der Waals surface area contributed by atoms with Crippen LogP contribution in [0.1, 0.15) is 46.0 Å². The highest BCUT2D eigenvalue weighted by Gasteiger charge is 2.29. The highest BCUT2D eigenvalue weighted by Crippen LogP contribution is 2.21. The molecule has 3 N–H and O–H groups in total. The van der Waals surface area contributed by atoms with Crippen LogP contribution in [0.15, 0.2) is 0 Å². The van der Waals surface area contributed by atoms with Gasteiger partial charge in [-0.1, -0.05) is 33.1 Å². The van der Waals surface area contributed by atoms with E-state index in [0.29, 0.717) is 12.8 Å². The maximum atomic E-state index is 11.5. The summed E-state index contributed by atoms with van der Waals surface area (Å²) in [4.78, 5) is 11.5. The van der Waals surface area contributed by atoms with E-state index in [1.807, 2.05) is 6.92 Å². The number of unbranched alkanes of at least 4 members (excludes halogenated alkanes) is 2. The minimum Gasteiger partial charge on any atom is -0.463 e. The maximum absolute atomic E-state index is 11.5. The first kappa shape index (κ1) is 17.4. The number of rotatable bonds is 10. The molecule has 0 bridgehead atoms. The van der Waals surface area contributed by atoms with E-state index in [1.165, 1.54) is 0 Å². The minimum absolute atomic E-state index is 0.0693. The summed E-state index contributed by atoms with van der Waals surface area (Å²) in [6.45, 7) is 3.28. The van der Waals surface area contributed by atoms with Crippen LogP contribution >= 0.6 is 0 Å². The quantitative estimate of drug-likeness (QED) is 0.401. The summed E-state index contributed by atoms with van der Waals surface area (Å²) < 4.78 is 4.96. The first-order chi connectivity index (χ1) is 8.55. The molecule has 108 valence electrons. The van der Waals surface area contributed by atoms with Crippen molar-refractivity contribution >= 4 is 5.97 Å². The van der Waals surface area contributed by atoms with Gasteiger partial charge < -0.3 is 20.1 Å². The van der Waals surface area contributed by atoms with Crippen LogP contribution in [0.3, 0.4) is 0 Å². The van der Waals surface area contributed by atoms with Crippen molar-refractivity contribution in [2.45, 2.75) is 52.1 Å². The van der Waals surface area contributed by atoms with Crippen LogP contribution in [0.5, 0.6) is 0 Å². The molecule has 0 spiro atoms. The van der Waals surface area contributed by atoms with Gasteiger partial charge in [-0.25, -0.2) is 4.79 Å².